The van der Waals surface area contributed by atoms with Crippen molar-refractivity contribution < 1.29 is 19.1 Å². The molecule has 0 atom stereocenters. The highest BCUT2D eigenvalue weighted by Gasteiger charge is 2.21. The molecule has 0 bridgehead atoms. The van der Waals surface area contributed by atoms with Crippen LogP contribution in [-0.2, 0) is 9.59 Å². The van der Waals surface area contributed by atoms with Crippen LogP contribution in [0.15, 0.2) is 40.4 Å². The number of nitriles is 1. The van der Waals surface area contributed by atoms with Crippen LogP contribution in [0.5, 0.6) is 11.5 Å². The Morgan fingerprint density at radius 1 is 1.15 bits per heavy atom. The lowest BCUT2D eigenvalue weighted by Crippen LogP contribution is -2.28. The zero-order valence-corrected chi connectivity index (χ0v) is 20.5. The standard InChI is InChI=1S/C25H26BrN3O4/c1-16-17(2)21(8-7-20(16)26)28-24(30)15-33-22-9-6-18(13-23(22)32-3)12-19(14-27)25(31)29-10-4-5-11-29/h6-9,12-13H,4-5,10-11,15H2,1-3H3,(H,28,30)/b19-12+. The number of carbonyl (C=O) groups excluding carboxylic acids is 2. The third kappa shape index (κ3) is 5.93. The van der Waals surface area contributed by atoms with E-state index in [0.717, 1.165) is 34.1 Å². The quantitative estimate of drug-likeness (QED) is 0.432. The fraction of sp³-hybridized carbons (Fsp3) is 0.320. The van der Waals surface area contributed by atoms with E-state index in [1.165, 1.54) is 13.2 Å². The highest BCUT2D eigenvalue weighted by Crippen LogP contribution is 2.30. The van der Waals surface area contributed by atoms with Gasteiger partial charge in [-0.25, -0.2) is 0 Å². The molecule has 1 aliphatic rings. The zero-order valence-electron chi connectivity index (χ0n) is 18.9. The molecule has 0 radical (unpaired) electrons. The first-order chi connectivity index (χ1) is 15.8. The highest BCUT2D eigenvalue weighted by atomic mass is 79.9. The van der Waals surface area contributed by atoms with Gasteiger partial charge >= 0.3 is 0 Å². The largest absolute Gasteiger partial charge is 0.493 e. The number of amides is 2. The monoisotopic (exact) mass is 511 g/mol. The summed E-state index contributed by atoms with van der Waals surface area (Å²) in [5.41, 5.74) is 3.46. The smallest absolute Gasteiger partial charge is 0.264 e. The van der Waals surface area contributed by atoms with Gasteiger partial charge in [-0.05, 0) is 73.7 Å². The number of halogens is 1. The van der Waals surface area contributed by atoms with E-state index in [1.807, 2.05) is 32.0 Å². The van der Waals surface area contributed by atoms with E-state index in [9.17, 15) is 14.9 Å². The third-order valence-electron chi connectivity index (χ3n) is 5.60. The molecule has 0 aliphatic carbocycles. The molecule has 7 nitrogen and oxygen atoms in total. The Labute approximate surface area is 202 Å². The van der Waals surface area contributed by atoms with Crippen LogP contribution in [0.1, 0.15) is 29.5 Å². The lowest BCUT2D eigenvalue weighted by atomic mass is 10.1. The van der Waals surface area contributed by atoms with Crippen LogP contribution in [-0.4, -0.2) is 43.5 Å². The van der Waals surface area contributed by atoms with Gasteiger partial charge in [-0.3, -0.25) is 9.59 Å². The molecule has 172 valence electrons. The SMILES string of the molecule is COc1cc(/C=C(\C#N)C(=O)N2CCCC2)ccc1OCC(=O)Nc1ccc(Br)c(C)c1C. The van der Waals surface area contributed by atoms with Crippen molar-refractivity contribution in [1.82, 2.24) is 4.90 Å². The number of benzene rings is 2. The van der Waals surface area contributed by atoms with Gasteiger partial charge in [0.1, 0.15) is 11.6 Å². The second kappa shape index (κ2) is 11.0. The summed E-state index contributed by atoms with van der Waals surface area (Å²) in [6.07, 6.45) is 3.45. The van der Waals surface area contributed by atoms with Gasteiger partial charge in [0.2, 0.25) is 0 Å². The fourth-order valence-electron chi connectivity index (χ4n) is 3.54. The minimum atomic E-state index is -0.297. The minimum Gasteiger partial charge on any atom is -0.493 e. The number of rotatable bonds is 7. The van der Waals surface area contributed by atoms with Crippen molar-refractivity contribution in [3.05, 3.63) is 57.1 Å². The average Bonchev–Trinajstić information content (AvgIpc) is 3.36. The van der Waals surface area contributed by atoms with E-state index in [4.69, 9.17) is 9.47 Å². The number of hydrogen-bond donors (Lipinski definition) is 1. The molecule has 33 heavy (non-hydrogen) atoms. The Kier molecular flexibility index (Phi) is 8.12. The van der Waals surface area contributed by atoms with Crippen molar-refractivity contribution in [2.24, 2.45) is 0 Å². The second-order valence-electron chi connectivity index (χ2n) is 7.76. The molecule has 0 saturated carbocycles. The summed E-state index contributed by atoms with van der Waals surface area (Å²) in [5, 5.41) is 12.3. The maximum absolute atomic E-state index is 12.5. The highest BCUT2D eigenvalue weighted by molar-refractivity contribution is 9.10. The van der Waals surface area contributed by atoms with Crippen molar-refractivity contribution in [3.8, 4) is 17.6 Å². The summed E-state index contributed by atoms with van der Waals surface area (Å²) >= 11 is 3.48. The molecule has 2 amide bonds. The third-order valence-corrected chi connectivity index (χ3v) is 6.46. The lowest BCUT2D eigenvalue weighted by molar-refractivity contribution is -0.125. The molecule has 1 N–H and O–H groups in total. The molecule has 0 unspecified atom stereocenters. The summed E-state index contributed by atoms with van der Waals surface area (Å²) in [5.74, 6) is 0.231. The van der Waals surface area contributed by atoms with E-state index in [2.05, 4.69) is 21.2 Å². The van der Waals surface area contributed by atoms with Crippen molar-refractivity contribution in [2.75, 3.05) is 32.1 Å². The van der Waals surface area contributed by atoms with E-state index in [1.54, 1.807) is 23.1 Å². The number of methoxy groups -OCH3 is 1. The fourth-order valence-corrected chi connectivity index (χ4v) is 3.97. The van der Waals surface area contributed by atoms with Crippen LogP contribution < -0.4 is 14.8 Å². The van der Waals surface area contributed by atoms with Gasteiger partial charge in [-0.2, -0.15) is 5.26 Å². The molecule has 0 aromatic heterocycles. The molecule has 0 spiro atoms. The van der Waals surface area contributed by atoms with E-state index >= 15 is 0 Å². The summed E-state index contributed by atoms with van der Waals surface area (Å²) in [4.78, 5) is 26.6. The summed E-state index contributed by atoms with van der Waals surface area (Å²) in [6, 6.07) is 10.8. The van der Waals surface area contributed by atoms with Crippen LogP contribution in [0.2, 0.25) is 0 Å². The topological polar surface area (TPSA) is 91.7 Å². The first-order valence-electron chi connectivity index (χ1n) is 10.6. The number of anilines is 1. The number of carbonyl (C=O) groups is 2. The molecule has 3 rings (SSSR count). The van der Waals surface area contributed by atoms with Gasteiger partial charge in [-0.15, -0.1) is 0 Å². The molecule has 2 aromatic rings. The van der Waals surface area contributed by atoms with Gasteiger partial charge in [0.25, 0.3) is 11.8 Å². The number of ether oxygens (including phenoxy) is 2. The van der Waals surface area contributed by atoms with Gasteiger partial charge in [0.05, 0.1) is 7.11 Å². The molecular weight excluding hydrogens is 486 g/mol. The number of hydrogen-bond acceptors (Lipinski definition) is 5. The summed E-state index contributed by atoms with van der Waals surface area (Å²) < 4.78 is 12.0. The van der Waals surface area contributed by atoms with Crippen LogP contribution in [0.25, 0.3) is 6.08 Å². The molecule has 1 saturated heterocycles. The predicted octanol–water partition coefficient (Wildman–Crippen LogP) is 4.62. The van der Waals surface area contributed by atoms with Gasteiger partial charge in [-0.1, -0.05) is 22.0 Å². The molecule has 1 heterocycles. The Hall–Kier alpha value is -3.31. The van der Waals surface area contributed by atoms with E-state index in [0.29, 0.717) is 30.2 Å². The van der Waals surface area contributed by atoms with Crippen LogP contribution in [0, 0.1) is 25.2 Å². The van der Waals surface area contributed by atoms with Gasteiger partial charge < -0.3 is 19.7 Å². The molecule has 2 aromatic carbocycles. The van der Waals surface area contributed by atoms with Crippen molar-refractivity contribution in [1.29, 1.82) is 5.26 Å². The average molecular weight is 512 g/mol. The minimum absolute atomic E-state index is 0.0761. The Bertz CT molecular complexity index is 1130. The lowest BCUT2D eigenvalue weighted by Gasteiger charge is -2.15. The summed E-state index contributed by atoms with van der Waals surface area (Å²) in [6.45, 7) is 5.07. The molecule has 1 fully saturated rings. The first-order valence-corrected chi connectivity index (χ1v) is 11.4. The summed E-state index contributed by atoms with van der Waals surface area (Å²) in [7, 11) is 1.49. The van der Waals surface area contributed by atoms with E-state index < -0.39 is 0 Å². The Balaban J connectivity index is 1.68. The Morgan fingerprint density at radius 2 is 1.88 bits per heavy atom. The first kappa shape index (κ1) is 24.3. The maximum atomic E-state index is 12.5. The Morgan fingerprint density at radius 3 is 2.55 bits per heavy atom. The van der Waals surface area contributed by atoms with Crippen molar-refractivity contribution in [3.63, 3.8) is 0 Å². The predicted molar refractivity (Wildman–Crippen MR) is 130 cm³/mol. The normalized spacial score (nSPS) is 13.4. The molecular formula is C25H26BrN3O4. The second-order valence-corrected chi connectivity index (χ2v) is 8.62. The van der Waals surface area contributed by atoms with Gasteiger partial charge in [0, 0.05) is 23.2 Å². The van der Waals surface area contributed by atoms with Crippen molar-refractivity contribution in [2.45, 2.75) is 26.7 Å². The van der Waals surface area contributed by atoms with Crippen LogP contribution in [0.3, 0.4) is 0 Å². The zero-order chi connectivity index (χ0) is 24.0. The van der Waals surface area contributed by atoms with Crippen LogP contribution >= 0.6 is 15.9 Å². The maximum Gasteiger partial charge on any atom is 0.264 e. The molecule has 8 heteroatoms. The van der Waals surface area contributed by atoms with Crippen LogP contribution in [0.4, 0.5) is 5.69 Å². The molecule has 1 aliphatic heterocycles. The van der Waals surface area contributed by atoms with E-state index in [-0.39, 0.29) is 24.0 Å². The van der Waals surface area contributed by atoms with Gasteiger partial charge in [0.15, 0.2) is 18.1 Å². The number of nitrogens with zero attached hydrogens (tertiary/aromatic N) is 2. The number of nitrogens with one attached hydrogen (secondary N) is 1. The number of likely N-dealkylation sites (tertiary alicyclic amines) is 1. The van der Waals surface area contributed by atoms with Crippen molar-refractivity contribution >= 4 is 39.5 Å².